The summed E-state index contributed by atoms with van der Waals surface area (Å²) < 4.78 is 0. The molecular formula is C26H26ClN3O2. The molecule has 1 aliphatic carbocycles. The lowest BCUT2D eigenvalue weighted by atomic mass is 9.89. The van der Waals surface area contributed by atoms with Crippen LogP contribution >= 0.6 is 12.4 Å². The summed E-state index contributed by atoms with van der Waals surface area (Å²) in [6, 6.07) is 21.5. The third-order valence-electron chi connectivity index (χ3n) is 4.74. The molecule has 164 valence electrons. The van der Waals surface area contributed by atoms with Gasteiger partial charge in [-0.2, -0.15) is 0 Å². The first-order valence-corrected chi connectivity index (χ1v) is 9.73. The Morgan fingerprint density at radius 2 is 1.22 bits per heavy atom. The molecule has 0 heterocycles. The van der Waals surface area contributed by atoms with E-state index in [0.29, 0.717) is 5.71 Å². The number of nitrogens with two attached hydrogens (primary N) is 2. The molecule has 0 unspecified atom stereocenters. The van der Waals surface area contributed by atoms with Crippen LogP contribution in [-0.4, -0.2) is 15.9 Å². The predicted molar refractivity (Wildman–Crippen MR) is 135 cm³/mol. The third-order valence-corrected chi connectivity index (χ3v) is 4.74. The maximum Gasteiger partial charge on any atom is 0.119 e. The van der Waals surface area contributed by atoms with E-state index in [9.17, 15) is 0 Å². The number of hydrogen-bond acceptors (Lipinski definition) is 5. The van der Waals surface area contributed by atoms with Gasteiger partial charge < -0.3 is 27.1 Å². The molecule has 32 heavy (non-hydrogen) atoms. The summed E-state index contributed by atoms with van der Waals surface area (Å²) in [6.07, 6.45) is 5.86. The van der Waals surface area contributed by atoms with Crippen LogP contribution in [0.5, 0.6) is 11.5 Å². The van der Waals surface area contributed by atoms with Crippen LogP contribution < -0.4 is 11.5 Å². The van der Waals surface area contributed by atoms with E-state index in [1.807, 2.05) is 73.7 Å². The standard InChI is InChI=1S/C20H19N3.C6H6O2.ClH/c1-13-12-16(6-11-19(13)23)20(14-2-7-17(21)8-3-14)15-4-9-18(22)10-5-15;7-5-2-1-3-6(8)4-5;/h2-12,23H,21-22H2,1H3;1-4,7-8H;1H. The van der Waals surface area contributed by atoms with E-state index >= 15 is 0 Å². The fourth-order valence-corrected chi connectivity index (χ4v) is 3.11. The number of nitrogen functional groups attached to an aromatic ring is 2. The Labute approximate surface area is 194 Å². The first-order chi connectivity index (χ1) is 14.8. The van der Waals surface area contributed by atoms with E-state index in [-0.39, 0.29) is 23.9 Å². The highest BCUT2D eigenvalue weighted by molar-refractivity contribution is 6.08. The van der Waals surface area contributed by atoms with Crippen molar-refractivity contribution >= 4 is 35.1 Å². The van der Waals surface area contributed by atoms with Crippen LogP contribution in [0.2, 0.25) is 0 Å². The van der Waals surface area contributed by atoms with Gasteiger partial charge in [0.05, 0.1) is 5.71 Å². The Kier molecular flexibility index (Phi) is 8.27. The summed E-state index contributed by atoms with van der Waals surface area (Å²) in [6.45, 7) is 1.95. The van der Waals surface area contributed by atoms with E-state index in [1.54, 1.807) is 6.07 Å². The fourth-order valence-electron chi connectivity index (χ4n) is 3.11. The number of phenols is 2. The average molecular weight is 448 g/mol. The molecule has 0 atom stereocenters. The molecule has 7 N–H and O–H groups in total. The number of nitrogens with one attached hydrogen (secondary N) is 1. The van der Waals surface area contributed by atoms with E-state index < -0.39 is 0 Å². The number of halogens is 1. The zero-order valence-corrected chi connectivity index (χ0v) is 18.4. The number of hydrogen-bond donors (Lipinski definition) is 5. The van der Waals surface area contributed by atoms with E-state index in [1.165, 1.54) is 18.2 Å². The van der Waals surface area contributed by atoms with Gasteiger partial charge in [0.2, 0.25) is 0 Å². The maximum absolute atomic E-state index is 8.65. The van der Waals surface area contributed by atoms with Crippen LogP contribution in [-0.2, 0) is 0 Å². The summed E-state index contributed by atoms with van der Waals surface area (Å²) >= 11 is 0. The Hall–Kier alpha value is -3.96. The van der Waals surface area contributed by atoms with Crippen molar-refractivity contribution in [2.75, 3.05) is 11.5 Å². The molecule has 0 saturated heterocycles. The van der Waals surface area contributed by atoms with Crippen LogP contribution in [0.25, 0.3) is 5.57 Å². The highest BCUT2D eigenvalue weighted by atomic mass is 35.5. The van der Waals surface area contributed by atoms with Gasteiger partial charge in [0, 0.05) is 17.4 Å². The first kappa shape index (κ1) is 24.3. The zero-order chi connectivity index (χ0) is 22.4. The predicted octanol–water partition coefficient (Wildman–Crippen LogP) is 5.71. The van der Waals surface area contributed by atoms with Gasteiger partial charge in [-0.3, -0.25) is 0 Å². The Bertz CT molecular complexity index is 1110. The van der Waals surface area contributed by atoms with Crippen molar-refractivity contribution in [1.29, 1.82) is 5.41 Å². The number of anilines is 2. The lowest BCUT2D eigenvalue weighted by Crippen LogP contribution is -2.01. The first-order valence-electron chi connectivity index (χ1n) is 9.73. The summed E-state index contributed by atoms with van der Waals surface area (Å²) in [5.41, 5.74) is 19.0. The largest absolute Gasteiger partial charge is 0.508 e. The quantitative estimate of drug-likeness (QED) is 0.323. The molecule has 3 aromatic carbocycles. The fraction of sp³-hybridized carbons (Fsp3) is 0.0385. The Morgan fingerprint density at radius 3 is 1.59 bits per heavy atom. The molecule has 0 saturated carbocycles. The highest BCUT2D eigenvalue weighted by Gasteiger charge is 2.12. The Morgan fingerprint density at radius 1 is 0.750 bits per heavy atom. The smallest absolute Gasteiger partial charge is 0.119 e. The van der Waals surface area contributed by atoms with Crippen LogP contribution in [0.1, 0.15) is 18.1 Å². The van der Waals surface area contributed by atoms with Gasteiger partial charge in [0.15, 0.2) is 0 Å². The molecule has 0 spiro atoms. The SMILES string of the molecule is CC1=CC(=C(c2ccc(N)cc2)c2ccc(N)cc2)C=CC1=N.Cl.Oc1cccc(O)c1. The molecule has 0 aliphatic heterocycles. The summed E-state index contributed by atoms with van der Waals surface area (Å²) in [5.74, 6) is 0.176. The molecule has 1 aliphatic rings. The van der Waals surface area contributed by atoms with Gasteiger partial charge in [-0.25, -0.2) is 0 Å². The molecule has 0 fully saturated rings. The van der Waals surface area contributed by atoms with Gasteiger partial charge in [0.1, 0.15) is 11.5 Å². The van der Waals surface area contributed by atoms with Crippen molar-refractivity contribution in [2.45, 2.75) is 6.92 Å². The van der Waals surface area contributed by atoms with E-state index in [0.717, 1.165) is 39.2 Å². The lowest BCUT2D eigenvalue weighted by molar-refractivity contribution is 0.450. The molecule has 0 aromatic heterocycles. The molecule has 0 amide bonds. The van der Waals surface area contributed by atoms with Gasteiger partial charge in [-0.15, -0.1) is 12.4 Å². The normalized spacial score (nSPS) is 12.2. The van der Waals surface area contributed by atoms with Gasteiger partial charge in [-0.05, 0) is 83.3 Å². The summed E-state index contributed by atoms with van der Waals surface area (Å²) in [4.78, 5) is 0. The van der Waals surface area contributed by atoms with Crippen LogP contribution in [0, 0.1) is 5.41 Å². The topological polar surface area (TPSA) is 116 Å². The molecule has 4 rings (SSSR count). The summed E-state index contributed by atoms with van der Waals surface area (Å²) in [5, 5.41) is 25.2. The number of phenolic OH excluding ortho intramolecular Hbond substituents is 2. The van der Waals surface area contributed by atoms with Crippen molar-refractivity contribution in [2.24, 2.45) is 0 Å². The number of allylic oxidation sites excluding steroid dienone is 5. The second-order valence-electron chi connectivity index (χ2n) is 7.17. The van der Waals surface area contributed by atoms with E-state index in [4.69, 9.17) is 27.1 Å². The van der Waals surface area contributed by atoms with Crippen molar-refractivity contribution in [3.63, 3.8) is 0 Å². The summed E-state index contributed by atoms with van der Waals surface area (Å²) in [7, 11) is 0. The van der Waals surface area contributed by atoms with Crippen molar-refractivity contribution in [3.8, 4) is 11.5 Å². The van der Waals surface area contributed by atoms with Gasteiger partial charge in [0.25, 0.3) is 0 Å². The molecule has 3 aromatic rings. The zero-order valence-electron chi connectivity index (χ0n) is 17.6. The lowest BCUT2D eigenvalue weighted by Gasteiger charge is -2.16. The monoisotopic (exact) mass is 447 g/mol. The average Bonchev–Trinajstić information content (AvgIpc) is 2.74. The Balaban J connectivity index is 0.000000342. The van der Waals surface area contributed by atoms with Crippen molar-refractivity contribution in [1.82, 2.24) is 0 Å². The number of benzene rings is 3. The second kappa shape index (κ2) is 10.9. The third kappa shape index (κ3) is 6.27. The molecule has 6 heteroatoms. The number of rotatable bonds is 2. The van der Waals surface area contributed by atoms with Crippen LogP contribution in [0.15, 0.2) is 102 Å². The van der Waals surface area contributed by atoms with E-state index in [2.05, 4.69) is 0 Å². The van der Waals surface area contributed by atoms with Crippen LogP contribution in [0.4, 0.5) is 11.4 Å². The van der Waals surface area contributed by atoms with Crippen LogP contribution in [0.3, 0.4) is 0 Å². The highest BCUT2D eigenvalue weighted by Crippen LogP contribution is 2.31. The van der Waals surface area contributed by atoms with Gasteiger partial charge in [-0.1, -0.05) is 36.4 Å². The molecular weight excluding hydrogens is 422 g/mol. The van der Waals surface area contributed by atoms with Crippen molar-refractivity contribution in [3.05, 3.63) is 113 Å². The maximum atomic E-state index is 8.65. The minimum Gasteiger partial charge on any atom is -0.508 e. The minimum atomic E-state index is 0. The minimum absolute atomic E-state index is 0. The molecule has 0 radical (unpaired) electrons. The number of aromatic hydroxyl groups is 2. The second-order valence-corrected chi connectivity index (χ2v) is 7.17. The molecule has 5 nitrogen and oxygen atoms in total. The van der Waals surface area contributed by atoms with Gasteiger partial charge >= 0.3 is 0 Å². The molecule has 0 bridgehead atoms. The van der Waals surface area contributed by atoms with Crippen molar-refractivity contribution < 1.29 is 10.2 Å².